The molecule has 0 saturated carbocycles. The van der Waals surface area contributed by atoms with Crippen molar-refractivity contribution < 1.29 is 29.5 Å². The first-order chi connectivity index (χ1) is 17.8. The average Bonchev–Trinajstić information content (AvgIpc) is 2.83. The van der Waals surface area contributed by atoms with Gasteiger partial charge in [-0.3, -0.25) is 65.7 Å². The van der Waals surface area contributed by atoms with Crippen LogP contribution in [0, 0.1) is 60.7 Å². The lowest BCUT2D eigenvalue weighted by molar-refractivity contribution is -0.402. The smallest absolute Gasteiger partial charge is 0.306 e. The normalized spacial score (nSPS) is 10.3. The Kier molecular flexibility index (Phi) is 6.94. The van der Waals surface area contributed by atoms with E-state index in [-0.39, 0.29) is 11.4 Å². The third-order valence-corrected chi connectivity index (χ3v) is 4.65. The number of pyridine rings is 1. The van der Waals surface area contributed by atoms with Crippen LogP contribution in [0.15, 0.2) is 42.7 Å². The van der Waals surface area contributed by atoms with Crippen molar-refractivity contribution in [1.82, 2.24) is 4.98 Å². The molecule has 0 unspecified atom stereocenters. The van der Waals surface area contributed by atoms with Crippen molar-refractivity contribution in [1.29, 1.82) is 0 Å². The zero-order chi connectivity index (χ0) is 28.3. The number of hydrogen-bond acceptors (Lipinski definition) is 15. The van der Waals surface area contributed by atoms with Crippen LogP contribution < -0.4 is 10.6 Å². The van der Waals surface area contributed by atoms with Crippen molar-refractivity contribution in [2.45, 2.75) is 0 Å². The van der Waals surface area contributed by atoms with Crippen LogP contribution in [0.5, 0.6) is 0 Å². The Morgan fingerprint density at radius 2 is 0.763 bits per heavy atom. The highest BCUT2D eigenvalue weighted by atomic mass is 16.6. The molecule has 3 rings (SSSR count). The molecule has 21 nitrogen and oxygen atoms in total. The maximum absolute atomic E-state index is 11.5. The van der Waals surface area contributed by atoms with Crippen molar-refractivity contribution in [3.8, 4) is 0 Å². The van der Waals surface area contributed by atoms with Gasteiger partial charge in [-0.25, -0.2) is 0 Å². The lowest BCUT2D eigenvalue weighted by Crippen LogP contribution is -2.05. The van der Waals surface area contributed by atoms with Gasteiger partial charge in [0, 0.05) is 0 Å². The van der Waals surface area contributed by atoms with Gasteiger partial charge in [0.05, 0.1) is 77.6 Å². The molecular formula is C17H9N9O12. The number of aromatic nitrogens is 1. The van der Waals surface area contributed by atoms with Gasteiger partial charge in [0.15, 0.2) is 11.4 Å². The maximum atomic E-state index is 11.5. The van der Waals surface area contributed by atoms with E-state index in [1.54, 1.807) is 0 Å². The van der Waals surface area contributed by atoms with Crippen LogP contribution in [0.3, 0.4) is 0 Å². The molecule has 2 aromatic carbocycles. The molecule has 0 spiro atoms. The van der Waals surface area contributed by atoms with Crippen molar-refractivity contribution in [3.05, 3.63) is 103 Å². The first-order valence-electron chi connectivity index (χ1n) is 9.51. The average molecular weight is 531 g/mol. The predicted molar refractivity (Wildman–Crippen MR) is 124 cm³/mol. The summed E-state index contributed by atoms with van der Waals surface area (Å²) in [6, 6.07) is 2.96. The van der Waals surface area contributed by atoms with Crippen LogP contribution in [0.1, 0.15) is 0 Å². The number of nitro benzene ring substituents is 6. The molecule has 0 aliphatic carbocycles. The molecule has 3 aromatic rings. The lowest BCUT2D eigenvalue weighted by Gasteiger charge is -2.11. The zero-order valence-corrected chi connectivity index (χ0v) is 18.1. The quantitative estimate of drug-likeness (QED) is 0.275. The SMILES string of the molecule is O=[N+]([O-])c1cc([N+](=O)[O-])c(Nc2cncc(Nc3c([N+](=O)[O-])cc([N+](=O)[O-])cc3[N+](=O)[O-])c2)c([N+](=O)[O-])c1. The summed E-state index contributed by atoms with van der Waals surface area (Å²) in [4.78, 5) is 65.1. The van der Waals surface area contributed by atoms with Gasteiger partial charge >= 0.3 is 22.7 Å². The maximum Gasteiger partial charge on any atom is 0.306 e. The highest BCUT2D eigenvalue weighted by Crippen LogP contribution is 2.42. The molecular weight excluding hydrogens is 522 g/mol. The molecule has 0 aliphatic heterocycles. The van der Waals surface area contributed by atoms with E-state index in [0.717, 1.165) is 18.5 Å². The van der Waals surface area contributed by atoms with Crippen LogP contribution in [0.2, 0.25) is 0 Å². The first kappa shape index (κ1) is 26.2. The molecule has 0 atom stereocenters. The Labute approximate surface area is 206 Å². The van der Waals surface area contributed by atoms with Crippen LogP contribution in [0.25, 0.3) is 0 Å². The van der Waals surface area contributed by atoms with Crippen LogP contribution in [0.4, 0.5) is 56.9 Å². The molecule has 0 aliphatic rings. The third kappa shape index (κ3) is 5.29. The van der Waals surface area contributed by atoms with Gasteiger partial charge in [0.1, 0.15) is 0 Å². The monoisotopic (exact) mass is 531 g/mol. The fraction of sp³-hybridized carbons (Fsp3) is 0. The molecule has 1 aromatic heterocycles. The van der Waals surface area contributed by atoms with Crippen molar-refractivity contribution >= 4 is 56.9 Å². The summed E-state index contributed by atoms with van der Waals surface area (Å²) < 4.78 is 0. The summed E-state index contributed by atoms with van der Waals surface area (Å²) >= 11 is 0. The van der Waals surface area contributed by atoms with Crippen molar-refractivity contribution in [2.75, 3.05) is 10.6 Å². The number of nitro groups is 6. The number of anilines is 4. The van der Waals surface area contributed by atoms with E-state index in [4.69, 9.17) is 0 Å². The molecule has 0 amide bonds. The molecule has 194 valence electrons. The van der Waals surface area contributed by atoms with E-state index in [1.807, 2.05) is 0 Å². The molecule has 0 fully saturated rings. The van der Waals surface area contributed by atoms with Crippen LogP contribution >= 0.6 is 0 Å². The van der Waals surface area contributed by atoms with Gasteiger partial charge in [0.2, 0.25) is 0 Å². The van der Waals surface area contributed by atoms with Gasteiger partial charge in [-0.1, -0.05) is 0 Å². The third-order valence-electron chi connectivity index (χ3n) is 4.65. The minimum Gasteiger partial charge on any atom is -0.343 e. The number of nitrogens with one attached hydrogen (secondary N) is 2. The molecule has 2 N–H and O–H groups in total. The number of benzene rings is 2. The molecule has 38 heavy (non-hydrogen) atoms. The number of non-ortho nitro benzene ring substituents is 2. The summed E-state index contributed by atoms with van der Waals surface area (Å²) in [5.41, 5.74) is -7.98. The molecule has 1 heterocycles. The van der Waals surface area contributed by atoms with Gasteiger partial charge in [0.25, 0.3) is 11.4 Å². The van der Waals surface area contributed by atoms with E-state index in [9.17, 15) is 60.7 Å². The Morgan fingerprint density at radius 3 is 1.00 bits per heavy atom. The minimum absolute atomic E-state index is 0.220. The van der Waals surface area contributed by atoms with Gasteiger partial charge in [-0.15, -0.1) is 0 Å². The summed E-state index contributed by atoms with van der Waals surface area (Å²) in [5, 5.41) is 72.6. The fourth-order valence-electron chi connectivity index (χ4n) is 3.10. The topological polar surface area (TPSA) is 296 Å². The zero-order valence-electron chi connectivity index (χ0n) is 18.1. The standard InChI is InChI=1S/C17H9N9O12/c27-21(28)10-2-12(23(31)32)16(13(3-10)24(33)34)19-8-1-9(7-18-6-8)20-17-14(25(35)36)4-11(22(29)30)5-15(17)26(37)38/h1-7,19-20H. The summed E-state index contributed by atoms with van der Waals surface area (Å²) in [7, 11) is 0. The van der Waals surface area contributed by atoms with Crippen LogP contribution in [-0.4, -0.2) is 34.5 Å². The molecule has 0 bridgehead atoms. The number of nitrogens with zero attached hydrogens (tertiary/aromatic N) is 7. The highest BCUT2D eigenvalue weighted by Gasteiger charge is 2.32. The fourth-order valence-corrected chi connectivity index (χ4v) is 3.10. The van der Waals surface area contributed by atoms with Crippen LogP contribution in [-0.2, 0) is 0 Å². The van der Waals surface area contributed by atoms with Gasteiger partial charge < -0.3 is 10.6 Å². The molecule has 21 heteroatoms. The summed E-state index contributed by atoms with van der Waals surface area (Å²) in [6.07, 6.45) is 2.00. The number of hydrogen-bond donors (Lipinski definition) is 2. The van der Waals surface area contributed by atoms with E-state index in [1.165, 1.54) is 0 Å². The second-order valence-electron chi connectivity index (χ2n) is 6.97. The largest absolute Gasteiger partial charge is 0.343 e. The van der Waals surface area contributed by atoms with E-state index >= 15 is 0 Å². The molecule has 0 saturated heterocycles. The number of rotatable bonds is 10. The Bertz CT molecular complexity index is 1380. The second kappa shape index (κ2) is 10.1. The molecule has 0 radical (unpaired) electrons. The van der Waals surface area contributed by atoms with Gasteiger partial charge in [-0.05, 0) is 6.07 Å². The summed E-state index contributed by atoms with van der Waals surface area (Å²) in [6.45, 7) is 0. The van der Waals surface area contributed by atoms with E-state index in [0.29, 0.717) is 24.3 Å². The van der Waals surface area contributed by atoms with E-state index < -0.39 is 75.0 Å². The van der Waals surface area contributed by atoms with Gasteiger partial charge in [-0.2, -0.15) is 0 Å². The Hall–Kier alpha value is -6.41. The first-order valence-corrected chi connectivity index (χ1v) is 9.51. The lowest BCUT2D eigenvalue weighted by atomic mass is 10.2. The van der Waals surface area contributed by atoms with Crippen molar-refractivity contribution in [3.63, 3.8) is 0 Å². The Balaban J connectivity index is 2.11. The van der Waals surface area contributed by atoms with Crippen molar-refractivity contribution in [2.24, 2.45) is 0 Å². The Morgan fingerprint density at radius 1 is 0.474 bits per heavy atom. The highest BCUT2D eigenvalue weighted by molar-refractivity contribution is 5.84. The summed E-state index contributed by atoms with van der Waals surface area (Å²) in [5.74, 6) is 0. The predicted octanol–water partition coefficient (Wildman–Crippen LogP) is 4.02. The van der Waals surface area contributed by atoms with E-state index in [2.05, 4.69) is 15.6 Å². The second-order valence-corrected chi connectivity index (χ2v) is 6.97. The minimum atomic E-state index is -1.11.